The summed E-state index contributed by atoms with van der Waals surface area (Å²) in [6.07, 6.45) is 0. The van der Waals surface area contributed by atoms with Crippen LogP contribution in [0.5, 0.6) is 0 Å². The maximum absolute atomic E-state index is 11.9. The van der Waals surface area contributed by atoms with Crippen molar-refractivity contribution < 1.29 is 14.3 Å². The first-order valence-corrected chi connectivity index (χ1v) is 7.08. The van der Waals surface area contributed by atoms with Crippen LogP contribution in [0.3, 0.4) is 0 Å². The van der Waals surface area contributed by atoms with Gasteiger partial charge in [0.05, 0.1) is 19.1 Å². The molecule has 2 rings (SSSR count). The second kappa shape index (κ2) is 8.22. The van der Waals surface area contributed by atoms with Crippen LogP contribution in [-0.2, 0) is 27.5 Å². The Morgan fingerprint density at radius 1 is 0.905 bits per heavy atom. The highest BCUT2D eigenvalue weighted by molar-refractivity contribution is 5.72. The molecule has 0 N–H and O–H groups in total. The Bertz CT molecular complexity index is 537. The van der Waals surface area contributed by atoms with Crippen molar-refractivity contribution in [1.29, 1.82) is 0 Å². The number of benzene rings is 2. The molecule has 0 aliphatic carbocycles. The lowest BCUT2D eigenvalue weighted by atomic mass is 10.2. The number of esters is 1. The molecule has 0 saturated heterocycles. The molecule has 0 radical (unpaired) electrons. The lowest BCUT2D eigenvalue weighted by molar-refractivity contribution is -0.151. The third kappa shape index (κ3) is 5.40. The maximum atomic E-state index is 11.9. The Morgan fingerprint density at radius 2 is 1.43 bits per heavy atom. The van der Waals surface area contributed by atoms with E-state index in [2.05, 4.69) is 0 Å². The summed E-state index contributed by atoms with van der Waals surface area (Å²) in [7, 11) is 0. The normalized spacial score (nSPS) is 11.9. The van der Waals surface area contributed by atoms with Crippen LogP contribution in [-0.4, -0.2) is 12.6 Å². The predicted molar refractivity (Wildman–Crippen MR) is 81.5 cm³/mol. The van der Waals surface area contributed by atoms with E-state index in [1.165, 1.54) is 0 Å². The minimum Gasteiger partial charge on any atom is -0.461 e. The van der Waals surface area contributed by atoms with Crippen LogP contribution in [0, 0.1) is 5.92 Å². The van der Waals surface area contributed by atoms with Gasteiger partial charge in [-0.15, -0.1) is 0 Å². The SMILES string of the molecule is CC(COCc1ccccc1)C(=O)OCc1ccccc1. The zero-order valence-electron chi connectivity index (χ0n) is 12.2. The van der Waals surface area contributed by atoms with Crippen LogP contribution in [0.15, 0.2) is 60.7 Å². The first kappa shape index (κ1) is 15.3. The number of ether oxygens (including phenoxy) is 2. The second-order valence-corrected chi connectivity index (χ2v) is 5.00. The summed E-state index contributed by atoms with van der Waals surface area (Å²) in [4.78, 5) is 11.9. The summed E-state index contributed by atoms with van der Waals surface area (Å²) < 4.78 is 10.8. The zero-order chi connectivity index (χ0) is 14.9. The molecule has 0 aliphatic heterocycles. The molecule has 21 heavy (non-hydrogen) atoms. The molecule has 0 spiro atoms. The maximum Gasteiger partial charge on any atom is 0.311 e. The molecular weight excluding hydrogens is 264 g/mol. The lowest BCUT2D eigenvalue weighted by Crippen LogP contribution is -2.19. The number of rotatable bonds is 7. The van der Waals surface area contributed by atoms with E-state index in [4.69, 9.17) is 9.47 Å². The Morgan fingerprint density at radius 3 is 2.00 bits per heavy atom. The highest BCUT2D eigenvalue weighted by Gasteiger charge is 2.14. The Kier molecular flexibility index (Phi) is 5.98. The average molecular weight is 284 g/mol. The molecular formula is C18H20O3. The van der Waals surface area contributed by atoms with E-state index in [1.807, 2.05) is 67.6 Å². The van der Waals surface area contributed by atoms with Crippen LogP contribution < -0.4 is 0 Å². The van der Waals surface area contributed by atoms with Crippen molar-refractivity contribution >= 4 is 5.97 Å². The van der Waals surface area contributed by atoms with Crippen molar-refractivity contribution in [3.8, 4) is 0 Å². The average Bonchev–Trinajstić information content (AvgIpc) is 2.54. The van der Waals surface area contributed by atoms with Crippen LogP contribution in [0.25, 0.3) is 0 Å². The molecule has 0 saturated carbocycles. The molecule has 2 aromatic carbocycles. The van der Waals surface area contributed by atoms with Crippen molar-refractivity contribution in [2.24, 2.45) is 5.92 Å². The standard InChI is InChI=1S/C18H20O3/c1-15(12-20-13-16-8-4-2-5-9-16)18(19)21-14-17-10-6-3-7-11-17/h2-11,15H,12-14H2,1H3. The van der Waals surface area contributed by atoms with Crippen LogP contribution in [0.1, 0.15) is 18.1 Å². The summed E-state index contributed by atoms with van der Waals surface area (Å²) in [5, 5.41) is 0. The molecule has 110 valence electrons. The number of hydrogen-bond donors (Lipinski definition) is 0. The van der Waals surface area contributed by atoms with Gasteiger partial charge in [-0.2, -0.15) is 0 Å². The highest BCUT2D eigenvalue weighted by Crippen LogP contribution is 2.07. The van der Waals surface area contributed by atoms with Gasteiger partial charge in [-0.25, -0.2) is 0 Å². The molecule has 0 bridgehead atoms. The van der Waals surface area contributed by atoms with E-state index in [9.17, 15) is 4.79 Å². The molecule has 1 unspecified atom stereocenters. The van der Waals surface area contributed by atoms with Gasteiger partial charge in [0.15, 0.2) is 0 Å². The lowest BCUT2D eigenvalue weighted by Gasteiger charge is -2.12. The third-order valence-electron chi connectivity index (χ3n) is 3.11. The number of hydrogen-bond acceptors (Lipinski definition) is 3. The van der Waals surface area contributed by atoms with Crippen molar-refractivity contribution in [1.82, 2.24) is 0 Å². The third-order valence-corrected chi connectivity index (χ3v) is 3.11. The van der Waals surface area contributed by atoms with Crippen molar-refractivity contribution in [3.63, 3.8) is 0 Å². The molecule has 0 amide bonds. The van der Waals surface area contributed by atoms with E-state index in [-0.39, 0.29) is 11.9 Å². The fourth-order valence-corrected chi connectivity index (χ4v) is 1.87. The van der Waals surface area contributed by atoms with Crippen molar-refractivity contribution in [2.75, 3.05) is 6.61 Å². The van der Waals surface area contributed by atoms with Gasteiger partial charge in [-0.3, -0.25) is 4.79 Å². The van der Waals surface area contributed by atoms with E-state index < -0.39 is 0 Å². The molecule has 0 aromatic heterocycles. The largest absolute Gasteiger partial charge is 0.461 e. The number of carbonyl (C=O) groups excluding carboxylic acids is 1. The van der Waals surface area contributed by atoms with Crippen molar-refractivity contribution in [2.45, 2.75) is 20.1 Å². The van der Waals surface area contributed by atoms with Crippen LogP contribution in [0.2, 0.25) is 0 Å². The molecule has 2 aromatic rings. The minimum absolute atomic E-state index is 0.230. The van der Waals surface area contributed by atoms with Gasteiger partial charge in [0.25, 0.3) is 0 Å². The molecule has 3 nitrogen and oxygen atoms in total. The highest BCUT2D eigenvalue weighted by atomic mass is 16.5. The van der Waals surface area contributed by atoms with Crippen LogP contribution in [0.4, 0.5) is 0 Å². The van der Waals surface area contributed by atoms with Gasteiger partial charge < -0.3 is 9.47 Å². The summed E-state index contributed by atoms with van der Waals surface area (Å²) in [6, 6.07) is 19.6. The van der Waals surface area contributed by atoms with Gasteiger partial charge >= 0.3 is 5.97 Å². The van der Waals surface area contributed by atoms with Gasteiger partial charge in [-0.05, 0) is 18.1 Å². The second-order valence-electron chi connectivity index (χ2n) is 5.00. The first-order valence-electron chi connectivity index (χ1n) is 7.08. The topological polar surface area (TPSA) is 35.5 Å². The van der Waals surface area contributed by atoms with E-state index >= 15 is 0 Å². The summed E-state index contributed by atoms with van der Waals surface area (Å²) in [5.41, 5.74) is 2.09. The Labute approximate surface area is 125 Å². The fourth-order valence-electron chi connectivity index (χ4n) is 1.87. The summed E-state index contributed by atoms with van der Waals surface area (Å²) in [5.74, 6) is -0.496. The van der Waals surface area contributed by atoms with Gasteiger partial charge in [0, 0.05) is 0 Å². The molecule has 0 fully saturated rings. The summed E-state index contributed by atoms with van der Waals surface area (Å²) >= 11 is 0. The Balaban J connectivity index is 1.68. The van der Waals surface area contributed by atoms with Gasteiger partial charge in [-0.1, -0.05) is 60.7 Å². The zero-order valence-corrected chi connectivity index (χ0v) is 12.2. The monoisotopic (exact) mass is 284 g/mol. The fraction of sp³-hybridized carbons (Fsp3) is 0.278. The van der Waals surface area contributed by atoms with Gasteiger partial charge in [0.1, 0.15) is 6.61 Å². The van der Waals surface area contributed by atoms with Gasteiger partial charge in [0.2, 0.25) is 0 Å². The molecule has 1 atom stereocenters. The summed E-state index contributed by atoms with van der Waals surface area (Å²) in [6.45, 7) is 3.00. The van der Waals surface area contributed by atoms with E-state index in [0.717, 1.165) is 11.1 Å². The smallest absolute Gasteiger partial charge is 0.311 e. The van der Waals surface area contributed by atoms with E-state index in [1.54, 1.807) is 0 Å². The van der Waals surface area contributed by atoms with E-state index in [0.29, 0.717) is 19.8 Å². The molecule has 0 heterocycles. The molecule has 0 aliphatic rings. The molecule has 3 heteroatoms. The quantitative estimate of drug-likeness (QED) is 0.729. The predicted octanol–water partition coefficient (Wildman–Crippen LogP) is 3.58. The minimum atomic E-state index is -0.266. The first-order chi connectivity index (χ1) is 10.3. The number of carbonyl (C=O) groups is 1. The van der Waals surface area contributed by atoms with Crippen molar-refractivity contribution in [3.05, 3.63) is 71.8 Å². The Hall–Kier alpha value is -2.13. The van der Waals surface area contributed by atoms with Crippen LogP contribution >= 0.6 is 0 Å².